The van der Waals surface area contributed by atoms with E-state index >= 15 is 0 Å². The number of nitrogens with zero attached hydrogens (tertiary/aromatic N) is 2. The molecule has 172 valence electrons. The molecular formula is C27H32N4O2. The highest BCUT2D eigenvalue weighted by atomic mass is 16.5. The lowest BCUT2D eigenvalue weighted by atomic mass is 10.0. The van der Waals surface area contributed by atoms with E-state index in [1.807, 2.05) is 56.3 Å². The Morgan fingerprint density at radius 3 is 2.55 bits per heavy atom. The highest BCUT2D eigenvalue weighted by Crippen LogP contribution is 2.24. The van der Waals surface area contributed by atoms with Crippen LogP contribution in [-0.2, 0) is 4.74 Å². The van der Waals surface area contributed by atoms with Crippen LogP contribution in [0.15, 0.2) is 77.8 Å². The zero-order valence-corrected chi connectivity index (χ0v) is 19.6. The molecule has 1 aliphatic carbocycles. The highest BCUT2D eigenvalue weighted by molar-refractivity contribution is 5.95. The van der Waals surface area contributed by atoms with Crippen LogP contribution in [0.1, 0.15) is 48.5 Å². The summed E-state index contributed by atoms with van der Waals surface area (Å²) in [6.07, 6.45) is 13.4. The van der Waals surface area contributed by atoms with Crippen molar-refractivity contribution in [3.63, 3.8) is 0 Å². The van der Waals surface area contributed by atoms with Gasteiger partial charge in [-0.2, -0.15) is 5.10 Å². The molecule has 2 N–H and O–H groups in total. The van der Waals surface area contributed by atoms with Gasteiger partial charge in [-0.05, 0) is 62.1 Å². The van der Waals surface area contributed by atoms with E-state index in [2.05, 4.69) is 27.4 Å². The average molecular weight is 445 g/mol. The monoisotopic (exact) mass is 444 g/mol. The van der Waals surface area contributed by atoms with E-state index in [0.717, 1.165) is 35.1 Å². The standard InChI is InChI=1S/C27H32N4O2/c1-5-9-22(25(6-2)33-4)18-29-31-26-19(3)16-23(17-28-26)20-12-14-21(15-13-20)27(32)30-24-10-7-8-11-24/h5-6,9,12-18,24H,1,7-8,10-11H2,2-4H3,(H,28,31)(H,30,32)/b22-9-,25-6+,29-18+. The Bertz CT molecular complexity index is 1060. The van der Waals surface area contributed by atoms with Gasteiger partial charge in [0.1, 0.15) is 11.6 Å². The quantitative estimate of drug-likeness (QED) is 0.222. The number of rotatable bonds is 9. The summed E-state index contributed by atoms with van der Waals surface area (Å²) in [5, 5.41) is 7.42. The average Bonchev–Trinajstić information content (AvgIpc) is 3.34. The number of amides is 1. The van der Waals surface area contributed by atoms with E-state index in [-0.39, 0.29) is 5.91 Å². The van der Waals surface area contributed by atoms with Gasteiger partial charge < -0.3 is 10.1 Å². The van der Waals surface area contributed by atoms with Gasteiger partial charge in [-0.3, -0.25) is 10.2 Å². The molecule has 1 amide bonds. The van der Waals surface area contributed by atoms with Crippen molar-refractivity contribution in [1.82, 2.24) is 10.3 Å². The van der Waals surface area contributed by atoms with Gasteiger partial charge in [-0.25, -0.2) is 4.98 Å². The first-order valence-corrected chi connectivity index (χ1v) is 11.3. The van der Waals surface area contributed by atoms with E-state index in [9.17, 15) is 4.79 Å². The van der Waals surface area contributed by atoms with Crippen molar-refractivity contribution >= 4 is 17.9 Å². The molecule has 6 nitrogen and oxygen atoms in total. The molecule has 2 aromatic rings. The van der Waals surface area contributed by atoms with Crippen molar-refractivity contribution in [2.45, 2.75) is 45.6 Å². The minimum atomic E-state index is -0.000383. The van der Waals surface area contributed by atoms with Crippen LogP contribution in [0.3, 0.4) is 0 Å². The van der Waals surface area contributed by atoms with Gasteiger partial charge in [0.05, 0.1) is 13.3 Å². The van der Waals surface area contributed by atoms with Gasteiger partial charge in [0, 0.05) is 28.9 Å². The fourth-order valence-electron chi connectivity index (χ4n) is 3.88. The highest BCUT2D eigenvalue weighted by Gasteiger charge is 2.18. The molecule has 0 bridgehead atoms. The number of carbonyl (C=O) groups is 1. The lowest BCUT2D eigenvalue weighted by Gasteiger charge is -2.12. The Morgan fingerprint density at radius 2 is 1.94 bits per heavy atom. The molecule has 1 aromatic heterocycles. The van der Waals surface area contributed by atoms with E-state index < -0.39 is 0 Å². The molecule has 3 rings (SSSR count). The van der Waals surface area contributed by atoms with Crippen LogP contribution in [0.2, 0.25) is 0 Å². The lowest BCUT2D eigenvalue weighted by Crippen LogP contribution is -2.32. The van der Waals surface area contributed by atoms with Crippen LogP contribution >= 0.6 is 0 Å². The third kappa shape index (κ3) is 6.42. The molecule has 0 spiro atoms. The number of hydrogen-bond acceptors (Lipinski definition) is 5. The summed E-state index contributed by atoms with van der Waals surface area (Å²) in [5.74, 6) is 1.38. The molecule has 0 saturated heterocycles. The van der Waals surface area contributed by atoms with Crippen LogP contribution in [0.25, 0.3) is 11.1 Å². The van der Waals surface area contributed by atoms with Crippen LogP contribution < -0.4 is 10.7 Å². The summed E-state index contributed by atoms with van der Waals surface area (Å²) in [6, 6.07) is 10.0. The van der Waals surface area contributed by atoms with E-state index in [1.54, 1.807) is 25.6 Å². The number of hydrogen-bond donors (Lipinski definition) is 2. The van der Waals surface area contributed by atoms with E-state index in [4.69, 9.17) is 4.74 Å². The van der Waals surface area contributed by atoms with Crippen molar-refractivity contribution in [3.8, 4) is 11.1 Å². The maximum Gasteiger partial charge on any atom is 0.251 e. The second-order valence-corrected chi connectivity index (χ2v) is 8.01. The number of hydrazone groups is 1. The van der Waals surface area contributed by atoms with Crippen LogP contribution in [0.5, 0.6) is 0 Å². The summed E-state index contributed by atoms with van der Waals surface area (Å²) >= 11 is 0. The molecule has 33 heavy (non-hydrogen) atoms. The number of benzene rings is 1. The van der Waals surface area contributed by atoms with Gasteiger partial charge in [-0.1, -0.05) is 43.7 Å². The number of aryl methyl sites for hydroxylation is 1. The normalized spacial score (nSPS) is 15.0. The van der Waals surface area contributed by atoms with Crippen molar-refractivity contribution < 1.29 is 9.53 Å². The summed E-state index contributed by atoms with van der Waals surface area (Å²) in [6.45, 7) is 7.61. The Balaban J connectivity index is 1.66. The van der Waals surface area contributed by atoms with Gasteiger partial charge in [0.25, 0.3) is 5.91 Å². The predicted molar refractivity (Wildman–Crippen MR) is 135 cm³/mol. The Labute approximate surface area is 196 Å². The molecule has 1 saturated carbocycles. The third-order valence-electron chi connectivity index (χ3n) is 5.69. The number of allylic oxidation sites excluding steroid dienone is 4. The SMILES string of the molecule is C=C/C=C(/C=N/Nc1ncc(-c2ccc(C(=O)NC3CCCC3)cc2)cc1C)C(=C/C)\OC. The number of pyridine rings is 1. The molecule has 6 heteroatoms. The number of ether oxygens (including phenoxy) is 1. The molecule has 1 fully saturated rings. The van der Waals surface area contributed by atoms with Crippen molar-refractivity contribution in [3.05, 3.63) is 83.8 Å². The molecule has 0 aliphatic heterocycles. The first kappa shape index (κ1) is 24.0. The minimum Gasteiger partial charge on any atom is -0.496 e. The Kier molecular flexibility index (Phi) is 8.58. The van der Waals surface area contributed by atoms with Crippen LogP contribution in [0, 0.1) is 6.92 Å². The molecule has 1 aliphatic rings. The number of nitrogens with one attached hydrogen (secondary N) is 2. The number of aromatic nitrogens is 1. The second kappa shape index (κ2) is 11.8. The van der Waals surface area contributed by atoms with Gasteiger partial charge in [0.15, 0.2) is 0 Å². The van der Waals surface area contributed by atoms with Crippen molar-refractivity contribution in [1.29, 1.82) is 0 Å². The van der Waals surface area contributed by atoms with Crippen molar-refractivity contribution in [2.75, 3.05) is 12.5 Å². The fraction of sp³-hybridized carbons (Fsp3) is 0.296. The van der Waals surface area contributed by atoms with Gasteiger partial charge >= 0.3 is 0 Å². The summed E-state index contributed by atoms with van der Waals surface area (Å²) in [7, 11) is 1.62. The van der Waals surface area contributed by atoms with Gasteiger partial charge in [0.2, 0.25) is 0 Å². The Morgan fingerprint density at radius 1 is 1.21 bits per heavy atom. The predicted octanol–water partition coefficient (Wildman–Crippen LogP) is 5.79. The van der Waals surface area contributed by atoms with E-state index in [0.29, 0.717) is 23.2 Å². The zero-order chi connectivity index (χ0) is 23.6. The molecule has 0 unspecified atom stereocenters. The molecule has 0 radical (unpaired) electrons. The molecular weight excluding hydrogens is 412 g/mol. The summed E-state index contributed by atoms with van der Waals surface area (Å²) in [4.78, 5) is 17.0. The largest absolute Gasteiger partial charge is 0.496 e. The zero-order valence-electron chi connectivity index (χ0n) is 19.6. The third-order valence-corrected chi connectivity index (χ3v) is 5.69. The van der Waals surface area contributed by atoms with Crippen molar-refractivity contribution in [2.24, 2.45) is 5.10 Å². The molecule has 1 aromatic carbocycles. The maximum absolute atomic E-state index is 12.5. The fourth-order valence-corrected chi connectivity index (χ4v) is 3.88. The molecule has 0 atom stereocenters. The smallest absolute Gasteiger partial charge is 0.251 e. The lowest BCUT2D eigenvalue weighted by molar-refractivity contribution is 0.0938. The minimum absolute atomic E-state index is 0.000383. The Hall–Kier alpha value is -3.67. The topological polar surface area (TPSA) is 75.6 Å². The number of carbonyl (C=O) groups excluding carboxylic acids is 1. The second-order valence-electron chi connectivity index (χ2n) is 8.01. The summed E-state index contributed by atoms with van der Waals surface area (Å²) in [5.41, 5.74) is 7.42. The number of methoxy groups -OCH3 is 1. The van der Waals surface area contributed by atoms with Crippen LogP contribution in [-0.4, -0.2) is 30.3 Å². The van der Waals surface area contributed by atoms with E-state index in [1.165, 1.54) is 12.8 Å². The summed E-state index contributed by atoms with van der Waals surface area (Å²) < 4.78 is 5.35. The molecule has 1 heterocycles. The number of anilines is 1. The first-order chi connectivity index (χ1) is 16.0. The first-order valence-electron chi connectivity index (χ1n) is 11.3. The maximum atomic E-state index is 12.5. The van der Waals surface area contributed by atoms with Crippen LogP contribution in [0.4, 0.5) is 5.82 Å². The van der Waals surface area contributed by atoms with Gasteiger partial charge in [-0.15, -0.1) is 0 Å².